The third-order valence-electron chi connectivity index (χ3n) is 3.36. The molecular formula is C16H12FNO3. The van der Waals surface area contributed by atoms with Crippen molar-refractivity contribution in [1.29, 1.82) is 0 Å². The Kier molecular flexibility index (Phi) is 3.10. The van der Waals surface area contributed by atoms with Gasteiger partial charge in [-0.05, 0) is 42.0 Å². The predicted molar refractivity (Wildman–Crippen MR) is 76.1 cm³/mol. The van der Waals surface area contributed by atoms with Gasteiger partial charge in [0.25, 0.3) is 0 Å². The summed E-state index contributed by atoms with van der Waals surface area (Å²) < 4.78 is 14.6. The number of benzene rings is 2. The highest BCUT2D eigenvalue weighted by Crippen LogP contribution is 2.25. The van der Waals surface area contributed by atoms with Crippen LogP contribution in [-0.2, 0) is 6.54 Å². The lowest BCUT2D eigenvalue weighted by Crippen LogP contribution is -2.09. The second-order valence-electron chi connectivity index (χ2n) is 4.79. The number of rotatable bonds is 3. The Hall–Kier alpha value is -2.82. The highest BCUT2D eigenvalue weighted by Gasteiger charge is 2.15. The number of hydrogen-bond donors (Lipinski definition) is 2. The van der Waals surface area contributed by atoms with Gasteiger partial charge < -0.3 is 14.8 Å². The molecule has 3 rings (SSSR count). The van der Waals surface area contributed by atoms with Crippen LogP contribution >= 0.6 is 0 Å². The van der Waals surface area contributed by atoms with Crippen molar-refractivity contribution in [2.45, 2.75) is 6.54 Å². The number of phenols is 1. The van der Waals surface area contributed by atoms with Gasteiger partial charge in [-0.1, -0.05) is 12.1 Å². The van der Waals surface area contributed by atoms with Crippen LogP contribution < -0.4 is 0 Å². The first-order valence-corrected chi connectivity index (χ1v) is 6.34. The molecule has 3 aromatic rings. The molecule has 106 valence electrons. The van der Waals surface area contributed by atoms with E-state index in [-0.39, 0.29) is 17.3 Å². The van der Waals surface area contributed by atoms with Crippen LogP contribution in [0.2, 0.25) is 0 Å². The normalized spacial score (nSPS) is 10.9. The van der Waals surface area contributed by atoms with Crippen molar-refractivity contribution in [1.82, 2.24) is 4.57 Å². The van der Waals surface area contributed by atoms with Gasteiger partial charge in [-0.2, -0.15) is 0 Å². The highest BCUT2D eigenvalue weighted by molar-refractivity contribution is 5.95. The molecule has 0 aliphatic rings. The molecule has 0 aliphatic carbocycles. The smallest absolute Gasteiger partial charge is 0.352 e. The van der Waals surface area contributed by atoms with Gasteiger partial charge in [0, 0.05) is 17.4 Å². The van der Waals surface area contributed by atoms with E-state index in [1.165, 1.54) is 30.3 Å². The first kappa shape index (κ1) is 13.2. The van der Waals surface area contributed by atoms with Crippen molar-refractivity contribution in [2.75, 3.05) is 0 Å². The van der Waals surface area contributed by atoms with Gasteiger partial charge in [0.15, 0.2) is 0 Å². The molecule has 0 saturated carbocycles. The van der Waals surface area contributed by atoms with E-state index in [1.807, 2.05) is 0 Å². The van der Waals surface area contributed by atoms with Gasteiger partial charge in [-0.3, -0.25) is 0 Å². The number of halogens is 1. The van der Waals surface area contributed by atoms with Crippen LogP contribution in [-0.4, -0.2) is 20.7 Å². The molecule has 0 spiro atoms. The number of carbonyl (C=O) groups is 1. The maximum absolute atomic E-state index is 12.9. The minimum Gasteiger partial charge on any atom is -0.508 e. The summed E-state index contributed by atoms with van der Waals surface area (Å²) in [6.45, 7) is 0.316. The van der Waals surface area contributed by atoms with E-state index in [4.69, 9.17) is 0 Å². The molecule has 0 unspecified atom stereocenters. The summed E-state index contributed by atoms with van der Waals surface area (Å²) in [4.78, 5) is 11.4. The monoisotopic (exact) mass is 285 g/mol. The van der Waals surface area contributed by atoms with Crippen LogP contribution in [0.25, 0.3) is 10.9 Å². The van der Waals surface area contributed by atoms with Crippen LogP contribution in [0.1, 0.15) is 16.1 Å². The summed E-state index contributed by atoms with van der Waals surface area (Å²) >= 11 is 0. The Morgan fingerprint density at radius 2 is 1.81 bits per heavy atom. The van der Waals surface area contributed by atoms with Gasteiger partial charge in [-0.15, -0.1) is 0 Å². The Morgan fingerprint density at radius 3 is 2.48 bits per heavy atom. The number of phenolic OH excluding ortho intramolecular Hbond substituents is 1. The van der Waals surface area contributed by atoms with Crippen molar-refractivity contribution < 1.29 is 19.4 Å². The molecule has 5 heteroatoms. The maximum Gasteiger partial charge on any atom is 0.352 e. The van der Waals surface area contributed by atoms with Crippen molar-refractivity contribution in [3.63, 3.8) is 0 Å². The third kappa shape index (κ3) is 2.45. The number of aromatic hydroxyl groups is 1. The van der Waals surface area contributed by atoms with Crippen molar-refractivity contribution in [2.24, 2.45) is 0 Å². The summed E-state index contributed by atoms with van der Waals surface area (Å²) in [6.07, 6.45) is 0. The summed E-state index contributed by atoms with van der Waals surface area (Å²) in [5.74, 6) is -1.30. The molecule has 0 bridgehead atoms. The van der Waals surface area contributed by atoms with Gasteiger partial charge in [0.05, 0.1) is 0 Å². The Balaban J connectivity index is 2.13. The number of carboxylic acid groups (broad SMARTS) is 1. The first-order chi connectivity index (χ1) is 10.0. The van der Waals surface area contributed by atoms with Gasteiger partial charge >= 0.3 is 5.97 Å². The van der Waals surface area contributed by atoms with Crippen LogP contribution in [0.5, 0.6) is 5.75 Å². The van der Waals surface area contributed by atoms with Crippen molar-refractivity contribution in [3.05, 3.63) is 65.6 Å². The minimum atomic E-state index is -1.05. The summed E-state index contributed by atoms with van der Waals surface area (Å²) in [7, 11) is 0. The summed E-state index contributed by atoms with van der Waals surface area (Å²) in [5, 5.41) is 19.5. The van der Waals surface area contributed by atoms with E-state index in [0.29, 0.717) is 17.4 Å². The number of nitrogens with zero attached hydrogens (tertiary/aromatic N) is 1. The second kappa shape index (κ2) is 4.94. The minimum absolute atomic E-state index is 0.0818. The molecular weight excluding hydrogens is 273 g/mol. The fraction of sp³-hybridized carbons (Fsp3) is 0.0625. The number of hydrogen-bond acceptors (Lipinski definition) is 2. The number of aromatic nitrogens is 1. The molecule has 0 amide bonds. The summed E-state index contributed by atoms with van der Waals surface area (Å²) in [5.41, 5.74) is 1.62. The molecule has 0 atom stereocenters. The maximum atomic E-state index is 12.9. The van der Waals surface area contributed by atoms with E-state index in [2.05, 4.69) is 0 Å². The molecule has 0 saturated heterocycles. The topological polar surface area (TPSA) is 62.5 Å². The Bertz CT molecular complexity index is 821. The van der Waals surface area contributed by atoms with Crippen LogP contribution in [0.3, 0.4) is 0 Å². The third-order valence-corrected chi connectivity index (χ3v) is 3.36. The van der Waals surface area contributed by atoms with E-state index in [1.54, 1.807) is 22.8 Å². The van der Waals surface area contributed by atoms with Crippen molar-refractivity contribution in [3.8, 4) is 5.75 Å². The zero-order chi connectivity index (χ0) is 15.0. The van der Waals surface area contributed by atoms with Crippen LogP contribution in [0, 0.1) is 5.82 Å². The fourth-order valence-electron chi connectivity index (χ4n) is 2.38. The number of carboxylic acids is 1. The van der Waals surface area contributed by atoms with Crippen LogP contribution in [0.4, 0.5) is 4.39 Å². The molecule has 4 nitrogen and oxygen atoms in total. The van der Waals surface area contributed by atoms with E-state index in [0.717, 1.165) is 5.56 Å². The molecule has 1 heterocycles. The Labute approximate surface area is 119 Å². The Morgan fingerprint density at radius 1 is 1.10 bits per heavy atom. The molecule has 21 heavy (non-hydrogen) atoms. The predicted octanol–water partition coefficient (Wildman–Crippen LogP) is 3.23. The zero-order valence-corrected chi connectivity index (χ0v) is 11.0. The highest BCUT2D eigenvalue weighted by atomic mass is 19.1. The lowest BCUT2D eigenvalue weighted by molar-refractivity contribution is 0.0686. The molecule has 0 radical (unpaired) electrons. The first-order valence-electron chi connectivity index (χ1n) is 6.34. The standard InChI is InChI=1S/C16H12FNO3/c17-12-3-1-10(2-4-12)9-18-14-6-5-13(19)7-11(14)8-15(18)16(20)21/h1-8,19H,9H2,(H,20,21). The average Bonchev–Trinajstić information content (AvgIpc) is 2.79. The summed E-state index contributed by atoms with van der Waals surface area (Å²) in [6, 6.07) is 12.1. The molecule has 1 aromatic heterocycles. The van der Waals surface area contributed by atoms with E-state index in [9.17, 15) is 19.4 Å². The lowest BCUT2D eigenvalue weighted by Gasteiger charge is -2.08. The molecule has 0 fully saturated rings. The van der Waals surface area contributed by atoms with Gasteiger partial charge in [0.1, 0.15) is 17.3 Å². The van der Waals surface area contributed by atoms with E-state index >= 15 is 0 Å². The molecule has 2 N–H and O–H groups in total. The average molecular weight is 285 g/mol. The number of aromatic carboxylic acids is 1. The second-order valence-corrected chi connectivity index (χ2v) is 4.79. The van der Waals surface area contributed by atoms with Crippen LogP contribution in [0.15, 0.2) is 48.5 Å². The molecule has 0 aliphatic heterocycles. The SMILES string of the molecule is O=C(O)c1cc2cc(O)ccc2n1Cc1ccc(F)cc1. The van der Waals surface area contributed by atoms with Gasteiger partial charge in [-0.25, -0.2) is 9.18 Å². The largest absolute Gasteiger partial charge is 0.508 e. The quantitative estimate of drug-likeness (QED) is 0.776. The van der Waals surface area contributed by atoms with E-state index < -0.39 is 5.97 Å². The molecule has 2 aromatic carbocycles. The van der Waals surface area contributed by atoms with Crippen molar-refractivity contribution >= 4 is 16.9 Å². The zero-order valence-electron chi connectivity index (χ0n) is 11.0. The fourth-order valence-corrected chi connectivity index (χ4v) is 2.38. The lowest BCUT2D eigenvalue weighted by atomic mass is 10.2. The number of fused-ring (bicyclic) bond motifs is 1. The van der Waals surface area contributed by atoms with Gasteiger partial charge in [0.2, 0.25) is 0 Å².